The number of methoxy groups -OCH3 is 1. The Morgan fingerprint density at radius 2 is 2.06 bits per heavy atom. The van der Waals surface area contributed by atoms with Crippen molar-refractivity contribution >= 4 is 0 Å². The van der Waals surface area contributed by atoms with Crippen molar-refractivity contribution < 1.29 is 4.74 Å². The Bertz CT molecular complexity index is 343. The van der Waals surface area contributed by atoms with Crippen LogP contribution < -0.4 is 10.1 Å². The molecule has 1 aliphatic heterocycles. The molecule has 0 aromatic heterocycles. The number of benzene rings is 1. The van der Waals surface area contributed by atoms with Crippen molar-refractivity contribution in [3.8, 4) is 5.75 Å². The van der Waals surface area contributed by atoms with Crippen LogP contribution in [0.25, 0.3) is 0 Å². The van der Waals surface area contributed by atoms with E-state index in [2.05, 4.69) is 30.4 Å². The van der Waals surface area contributed by atoms with E-state index < -0.39 is 0 Å². The third-order valence-electron chi connectivity index (χ3n) is 3.52. The van der Waals surface area contributed by atoms with E-state index in [1.54, 1.807) is 7.11 Å². The van der Waals surface area contributed by atoms with Crippen LogP contribution in [0.5, 0.6) is 5.75 Å². The lowest BCUT2D eigenvalue weighted by Crippen LogP contribution is -2.28. The average Bonchev–Trinajstić information content (AvgIpc) is 2.33. The van der Waals surface area contributed by atoms with Gasteiger partial charge in [-0.05, 0) is 68.5 Å². The smallest absolute Gasteiger partial charge is 0.119 e. The fraction of sp³-hybridized carbons (Fsp3) is 0.571. The molecule has 16 heavy (non-hydrogen) atoms. The largest absolute Gasteiger partial charge is 0.497 e. The molecule has 1 N–H and O–H groups in total. The van der Waals surface area contributed by atoms with Crippen LogP contribution in [0, 0.1) is 12.8 Å². The summed E-state index contributed by atoms with van der Waals surface area (Å²) in [5, 5.41) is 3.41. The van der Waals surface area contributed by atoms with Crippen LogP contribution in [-0.4, -0.2) is 20.2 Å². The summed E-state index contributed by atoms with van der Waals surface area (Å²) in [6.45, 7) is 4.54. The maximum absolute atomic E-state index is 5.23. The van der Waals surface area contributed by atoms with Gasteiger partial charge in [0, 0.05) is 0 Å². The molecule has 88 valence electrons. The average molecular weight is 219 g/mol. The van der Waals surface area contributed by atoms with E-state index in [0.717, 1.165) is 11.7 Å². The number of hydrogen-bond donors (Lipinski definition) is 1. The van der Waals surface area contributed by atoms with Gasteiger partial charge < -0.3 is 10.1 Å². The van der Waals surface area contributed by atoms with E-state index >= 15 is 0 Å². The topological polar surface area (TPSA) is 21.3 Å². The molecule has 0 radical (unpaired) electrons. The van der Waals surface area contributed by atoms with Gasteiger partial charge in [-0.3, -0.25) is 0 Å². The van der Waals surface area contributed by atoms with Crippen LogP contribution in [0.1, 0.15) is 24.0 Å². The molecule has 2 rings (SSSR count). The summed E-state index contributed by atoms with van der Waals surface area (Å²) < 4.78 is 5.23. The first kappa shape index (κ1) is 11.5. The molecule has 0 unspecified atom stereocenters. The summed E-state index contributed by atoms with van der Waals surface area (Å²) in [7, 11) is 1.72. The Labute approximate surface area is 98.0 Å². The third kappa shape index (κ3) is 2.76. The summed E-state index contributed by atoms with van der Waals surface area (Å²) in [6.07, 6.45) is 3.84. The second-order valence-corrected chi connectivity index (χ2v) is 4.69. The zero-order chi connectivity index (χ0) is 11.4. The Hall–Kier alpha value is -1.02. The molecule has 1 saturated heterocycles. The van der Waals surface area contributed by atoms with E-state index in [1.165, 1.54) is 43.5 Å². The number of aryl methyl sites for hydroxylation is 1. The van der Waals surface area contributed by atoms with Crippen molar-refractivity contribution in [1.29, 1.82) is 0 Å². The monoisotopic (exact) mass is 219 g/mol. The predicted molar refractivity (Wildman–Crippen MR) is 67.0 cm³/mol. The zero-order valence-corrected chi connectivity index (χ0v) is 10.3. The van der Waals surface area contributed by atoms with Gasteiger partial charge in [0.25, 0.3) is 0 Å². The molecule has 1 aliphatic rings. The Kier molecular flexibility index (Phi) is 3.83. The van der Waals surface area contributed by atoms with Gasteiger partial charge in [0.2, 0.25) is 0 Å². The van der Waals surface area contributed by atoms with Gasteiger partial charge >= 0.3 is 0 Å². The van der Waals surface area contributed by atoms with Crippen molar-refractivity contribution in [3.63, 3.8) is 0 Å². The van der Waals surface area contributed by atoms with Gasteiger partial charge in [0.05, 0.1) is 7.11 Å². The standard InChI is InChI=1S/C14H21NO/c1-11-9-14(16-2)4-3-13(11)10-12-5-7-15-8-6-12/h3-4,9,12,15H,5-8,10H2,1-2H3. The molecule has 0 atom stereocenters. The van der Waals surface area contributed by atoms with Crippen molar-refractivity contribution in [3.05, 3.63) is 29.3 Å². The Morgan fingerprint density at radius 3 is 2.69 bits per heavy atom. The maximum Gasteiger partial charge on any atom is 0.119 e. The second-order valence-electron chi connectivity index (χ2n) is 4.69. The molecule has 0 saturated carbocycles. The van der Waals surface area contributed by atoms with E-state index in [0.29, 0.717) is 0 Å². The summed E-state index contributed by atoms with van der Waals surface area (Å²) >= 11 is 0. The van der Waals surface area contributed by atoms with Crippen LogP contribution in [0.2, 0.25) is 0 Å². The third-order valence-corrected chi connectivity index (χ3v) is 3.52. The maximum atomic E-state index is 5.23. The van der Waals surface area contributed by atoms with Crippen LogP contribution in [0.4, 0.5) is 0 Å². The fourth-order valence-electron chi connectivity index (χ4n) is 2.42. The van der Waals surface area contributed by atoms with Crippen molar-refractivity contribution in [2.75, 3.05) is 20.2 Å². The number of nitrogens with one attached hydrogen (secondary N) is 1. The highest BCUT2D eigenvalue weighted by Gasteiger charge is 2.14. The molecular weight excluding hydrogens is 198 g/mol. The van der Waals surface area contributed by atoms with Gasteiger partial charge in [-0.15, -0.1) is 0 Å². The van der Waals surface area contributed by atoms with Gasteiger partial charge in [0.15, 0.2) is 0 Å². The summed E-state index contributed by atoms with van der Waals surface area (Å²) in [5.74, 6) is 1.82. The second kappa shape index (κ2) is 5.35. The highest BCUT2D eigenvalue weighted by Crippen LogP contribution is 2.23. The molecule has 1 fully saturated rings. The molecule has 1 aromatic rings. The van der Waals surface area contributed by atoms with Crippen LogP contribution in [0.3, 0.4) is 0 Å². The normalized spacial score (nSPS) is 17.4. The minimum atomic E-state index is 0.855. The lowest BCUT2D eigenvalue weighted by molar-refractivity contribution is 0.372. The number of hydrogen-bond acceptors (Lipinski definition) is 2. The first-order valence-electron chi connectivity index (χ1n) is 6.14. The molecule has 0 amide bonds. The summed E-state index contributed by atoms with van der Waals surface area (Å²) in [5.41, 5.74) is 2.84. The molecule has 0 spiro atoms. The molecule has 0 aliphatic carbocycles. The molecule has 0 bridgehead atoms. The summed E-state index contributed by atoms with van der Waals surface area (Å²) in [4.78, 5) is 0. The quantitative estimate of drug-likeness (QED) is 0.843. The van der Waals surface area contributed by atoms with Gasteiger partial charge in [0.1, 0.15) is 5.75 Å². The lowest BCUT2D eigenvalue weighted by atomic mass is 9.89. The van der Waals surface area contributed by atoms with Gasteiger partial charge in [-0.2, -0.15) is 0 Å². The van der Waals surface area contributed by atoms with E-state index in [-0.39, 0.29) is 0 Å². The van der Waals surface area contributed by atoms with Gasteiger partial charge in [-0.1, -0.05) is 6.07 Å². The first-order chi connectivity index (χ1) is 7.79. The van der Waals surface area contributed by atoms with Crippen molar-refractivity contribution in [2.45, 2.75) is 26.2 Å². The van der Waals surface area contributed by atoms with Crippen LogP contribution >= 0.6 is 0 Å². The minimum absolute atomic E-state index is 0.855. The number of ether oxygens (including phenoxy) is 1. The van der Waals surface area contributed by atoms with Crippen molar-refractivity contribution in [1.82, 2.24) is 5.32 Å². The van der Waals surface area contributed by atoms with Crippen LogP contribution in [0.15, 0.2) is 18.2 Å². The molecule has 2 nitrogen and oxygen atoms in total. The Balaban J connectivity index is 2.03. The van der Waals surface area contributed by atoms with E-state index in [4.69, 9.17) is 4.74 Å². The lowest BCUT2D eigenvalue weighted by Gasteiger charge is -2.23. The molecule has 2 heteroatoms. The van der Waals surface area contributed by atoms with E-state index in [9.17, 15) is 0 Å². The fourth-order valence-corrected chi connectivity index (χ4v) is 2.42. The van der Waals surface area contributed by atoms with Crippen LogP contribution in [-0.2, 0) is 6.42 Å². The molecule has 1 heterocycles. The molecular formula is C14H21NO. The van der Waals surface area contributed by atoms with Gasteiger partial charge in [-0.25, -0.2) is 0 Å². The zero-order valence-electron chi connectivity index (χ0n) is 10.3. The highest BCUT2D eigenvalue weighted by atomic mass is 16.5. The van der Waals surface area contributed by atoms with Crippen molar-refractivity contribution in [2.24, 2.45) is 5.92 Å². The molecule has 1 aromatic carbocycles. The summed E-state index contributed by atoms with van der Waals surface area (Å²) in [6, 6.07) is 6.43. The Morgan fingerprint density at radius 1 is 1.31 bits per heavy atom. The SMILES string of the molecule is COc1ccc(CC2CCNCC2)c(C)c1. The number of piperidine rings is 1. The highest BCUT2D eigenvalue weighted by molar-refractivity contribution is 5.35. The van der Waals surface area contributed by atoms with E-state index in [1.807, 2.05) is 0 Å². The first-order valence-corrected chi connectivity index (χ1v) is 6.14. The number of rotatable bonds is 3. The minimum Gasteiger partial charge on any atom is -0.497 e. The predicted octanol–water partition coefficient (Wildman–Crippen LogP) is 2.55.